The fourth-order valence-electron chi connectivity index (χ4n) is 0.638. The van der Waals surface area contributed by atoms with E-state index in [1.165, 1.54) is 0 Å². The van der Waals surface area contributed by atoms with E-state index in [9.17, 15) is 0 Å². The average molecular weight is 245 g/mol. The molecule has 0 aliphatic carbocycles. The van der Waals surface area contributed by atoms with Gasteiger partial charge in [0, 0.05) is 17.6 Å². The first-order chi connectivity index (χ1) is 5.68. The van der Waals surface area contributed by atoms with E-state index in [4.69, 9.17) is 0 Å². The molecule has 0 aromatic carbocycles. The minimum Gasteiger partial charge on any atom is -0.231 e. The smallest absolute Gasteiger partial charge is 0.188 e. The zero-order valence-corrected chi connectivity index (χ0v) is 9.15. The van der Waals surface area contributed by atoms with Gasteiger partial charge in [0.15, 0.2) is 5.16 Å². The maximum atomic E-state index is 4.24. The Morgan fingerprint density at radius 3 is 3.08 bits per heavy atom. The van der Waals surface area contributed by atoms with Crippen LogP contribution in [0.25, 0.3) is 0 Å². The van der Waals surface area contributed by atoms with Crippen molar-refractivity contribution < 1.29 is 0 Å². The molecule has 0 saturated heterocycles. The van der Waals surface area contributed by atoms with Gasteiger partial charge in [-0.25, -0.2) is 9.97 Å². The standard InChI is InChI=1S/C8H9BrN2S/c1-6(9)5-12-8-10-4-3-7(2)11-8/h3-4H,1,5H2,2H3. The third-order valence-electron chi connectivity index (χ3n) is 1.13. The van der Waals surface area contributed by atoms with Gasteiger partial charge < -0.3 is 0 Å². The van der Waals surface area contributed by atoms with Crippen LogP contribution in [0.15, 0.2) is 28.5 Å². The molecule has 1 aromatic heterocycles. The Kier molecular flexibility index (Phi) is 3.75. The van der Waals surface area contributed by atoms with Crippen LogP contribution in [0, 0.1) is 6.92 Å². The summed E-state index contributed by atoms with van der Waals surface area (Å²) in [5.41, 5.74) is 0.993. The topological polar surface area (TPSA) is 25.8 Å². The molecule has 0 saturated carbocycles. The Morgan fingerprint density at radius 1 is 1.75 bits per heavy atom. The quantitative estimate of drug-likeness (QED) is 0.605. The van der Waals surface area contributed by atoms with Gasteiger partial charge in [0.1, 0.15) is 0 Å². The first-order valence-corrected chi connectivity index (χ1v) is 5.22. The van der Waals surface area contributed by atoms with E-state index in [1.54, 1.807) is 18.0 Å². The molecule has 1 heterocycles. The molecule has 12 heavy (non-hydrogen) atoms. The minimum absolute atomic E-state index is 0.801. The summed E-state index contributed by atoms with van der Waals surface area (Å²) in [7, 11) is 0. The third kappa shape index (κ3) is 3.36. The minimum atomic E-state index is 0.801. The number of nitrogens with zero attached hydrogens (tertiary/aromatic N) is 2. The molecule has 4 heteroatoms. The molecule has 0 amide bonds. The van der Waals surface area contributed by atoms with Gasteiger partial charge in [-0.3, -0.25) is 0 Å². The molecule has 0 spiro atoms. The lowest BCUT2D eigenvalue weighted by Gasteiger charge is -1.98. The lowest BCUT2D eigenvalue weighted by molar-refractivity contribution is 0.934. The summed E-state index contributed by atoms with van der Waals surface area (Å²) < 4.78 is 0.956. The Morgan fingerprint density at radius 2 is 2.50 bits per heavy atom. The molecule has 0 N–H and O–H groups in total. The normalized spacial score (nSPS) is 9.83. The molecule has 64 valence electrons. The first-order valence-electron chi connectivity index (χ1n) is 3.44. The fourth-order valence-corrected chi connectivity index (χ4v) is 1.61. The van der Waals surface area contributed by atoms with Crippen LogP contribution in [-0.4, -0.2) is 15.7 Å². The van der Waals surface area contributed by atoms with Crippen molar-refractivity contribution in [3.8, 4) is 0 Å². The van der Waals surface area contributed by atoms with Crippen molar-refractivity contribution >= 4 is 27.7 Å². The molecule has 0 radical (unpaired) electrons. The van der Waals surface area contributed by atoms with E-state index < -0.39 is 0 Å². The van der Waals surface area contributed by atoms with Crippen molar-refractivity contribution in [1.82, 2.24) is 9.97 Å². The van der Waals surface area contributed by atoms with Crippen LogP contribution in [0.2, 0.25) is 0 Å². The summed E-state index contributed by atoms with van der Waals surface area (Å²) in [5, 5.41) is 0.801. The van der Waals surface area contributed by atoms with E-state index in [0.717, 1.165) is 21.1 Å². The largest absolute Gasteiger partial charge is 0.231 e. The summed E-state index contributed by atoms with van der Waals surface area (Å²) in [6, 6.07) is 1.88. The highest BCUT2D eigenvalue weighted by molar-refractivity contribution is 9.11. The molecular weight excluding hydrogens is 236 g/mol. The second-order valence-corrected chi connectivity index (χ2v) is 4.35. The van der Waals surface area contributed by atoms with Crippen molar-refractivity contribution in [2.75, 3.05) is 5.75 Å². The van der Waals surface area contributed by atoms with Crippen LogP contribution < -0.4 is 0 Å². The molecule has 0 fully saturated rings. The summed E-state index contributed by atoms with van der Waals surface area (Å²) >= 11 is 4.85. The van der Waals surface area contributed by atoms with Crippen LogP contribution in [0.3, 0.4) is 0 Å². The molecule has 1 rings (SSSR count). The van der Waals surface area contributed by atoms with Gasteiger partial charge in [-0.2, -0.15) is 0 Å². The van der Waals surface area contributed by atoms with Crippen LogP contribution in [0.1, 0.15) is 5.69 Å². The zero-order valence-electron chi connectivity index (χ0n) is 6.75. The highest BCUT2D eigenvalue weighted by Crippen LogP contribution is 2.17. The van der Waals surface area contributed by atoms with E-state index in [-0.39, 0.29) is 0 Å². The Labute approximate surface area is 84.6 Å². The van der Waals surface area contributed by atoms with Crippen molar-refractivity contribution in [1.29, 1.82) is 0 Å². The zero-order chi connectivity index (χ0) is 8.97. The van der Waals surface area contributed by atoms with Crippen molar-refractivity contribution in [3.63, 3.8) is 0 Å². The maximum Gasteiger partial charge on any atom is 0.188 e. The van der Waals surface area contributed by atoms with Gasteiger partial charge >= 0.3 is 0 Å². The van der Waals surface area contributed by atoms with Gasteiger partial charge in [-0.1, -0.05) is 34.3 Å². The molecule has 2 nitrogen and oxygen atoms in total. The van der Waals surface area contributed by atoms with E-state index in [2.05, 4.69) is 32.5 Å². The molecule has 0 aliphatic heterocycles. The Balaban J connectivity index is 2.57. The highest BCUT2D eigenvalue weighted by Gasteiger charge is 1.97. The second kappa shape index (κ2) is 4.62. The van der Waals surface area contributed by atoms with E-state index in [0.29, 0.717) is 0 Å². The van der Waals surface area contributed by atoms with E-state index >= 15 is 0 Å². The van der Waals surface area contributed by atoms with Gasteiger partial charge in [0.05, 0.1) is 0 Å². The lowest BCUT2D eigenvalue weighted by atomic mass is 10.5. The number of thioether (sulfide) groups is 1. The summed E-state index contributed by atoms with van der Waals surface area (Å²) in [4.78, 5) is 8.34. The van der Waals surface area contributed by atoms with Crippen molar-refractivity contribution in [2.45, 2.75) is 12.1 Å². The number of halogens is 1. The Bertz CT molecular complexity index is 288. The van der Waals surface area contributed by atoms with Crippen molar-refractivity contribution in [2.24, 2.45) is 0 Å². The summed E-state index contributed by atoms with van der Waals surface area (Å²) in [6.07, 6.45) is 1.77. The summed E-state index contributed by atoms with van der Waals surface area (Å²) in [6.45, 7) is 5.69. The molecule has 0 atom stereocenters. The van der Waals surface area contributed by atoms with Crippen LogP contribution >= 0.6 is 27.7 Å². The molecular formula is C8H9BrN2S. The number of hydrogen-bond donors (Lipinski definition) is 0. The molecule has 1 aromatic rings. The van der Waals surface area contributed by atoms with Gasteiger partial charge in [0.2, 0.25) is 0 Å². The molecule has 0 aliphatic rings. The summed E-state index contributed by atoms with van der Waals surface area (Å²) in [5.74, 6) is 0.809. The maximum absolute atomic E-state index is 4.24. The fraction of sp³-hybridized carbons (Fsp3) is 0.250. The van der Waals surface area contributed by atoms with Crippen LogP contribution in [0.5, 0.6) is 0 Å². The second-order valence-electron chi connectivity index (χ2n) is 2.29. The average Bonchev–Trinajstić information content (AvgIpc) is 2.01. The van der Waals surface area contributed by atoms with Crippen molar-refractivity contribution in [3.05, 3.63) is 29.0 Å². The number of aromatic nitrogens is 2. The lowest BCUT2D eigenvalue weighted by Crippen LogP contribution is -1.88. The third-order valence-corrected chi connectivity index (χ3v) is 2.73. The first kappa shape index (κ1) is 9.74. The molecule has 0 unspecified atom stereocenters. The van der Waals surface area contributed by atoms with Gasteiger partial charge in [0.25, 0.3) is 0 Å². The Hall–Kier alpha value is -0.350. The van der Waals surface area contributed by atoms with Crippen LogP contribution in [-0.2, 0) is 0 Å². The van der Waals surface area contributed by atoms with Crippen LogP contribution in [0.4, 0.5) is 0 Å². The predicted molar refractivity (Wildman–Crippen MR) is 55.6 cm³/mol. The number of rotatable bonds is 3. The highest BCUT2D eigenvalue weighted by atomic mass is 79.9. The monoisotopic (exact) mass is 244 g/mol. The SMILES string of the molecule is C=C(Br)CSc1nccc(C)n1. The van der Waals surface area contributed by atoms with E-state index in [1.807, 2.05) is 13.0 Å². The predicted octanol–water partition coefficient (Wildman–Crippen LogP) is 2.79. The molecule has 0 bridgehead atoms. The number of hydrogen-bond acceptors (Lipinski definition) is 3. The number of aryl methyl sites for hydroxylation is 1. The van der Waals surface area contributed by atoms with Gasteiger partial charge in [-0.15, -0.1) is 0 Å². The van der Waals surface area contributed by atoms with Gasteiger partial charge in [-0.05, 0) is 17.5 Å².